The van der Waals surface area contributed by atoms with Crippen molar-refractivity contribution in [1.29, 1.82) is 0 Å². The summed E-state index contributed by atoms with van der Waals surface area (Å²) in [5.41, 5.74) is 1.21. The van der Waals surface area contributed by atoms with Gasteiger partial charge in [-0.1, -0.05) is 11.3 Å². The Hall–Kier alpha value is -2.66. The van der Waals surface area contributed by atoms with Crippen LogP contribution in [-0.4, -0.2) is 43.0 Å². The van der Waals surface area contributed by atoms with Crippen molar-refractivity contribution in [2.45, 2.75) is 29.2 Å². The summed E-state index contributed by atoms with van der Waals surface area (Å²) in [6.07, 6.45) is 5.33. The largest absolute Gasteiger partial charge is 0.467 e. The van der Waals surface area contributed by atoms with E-state index in [0.717, 1.165) is 28.0 Å². The van der Waals surface area contributed by atoms with Crippen LogP contribution in [0.1, 0.15) is 29.0 Å². The molecule has 0 bridgehead atoms. The van der Waals surface area contributed by atoms with Gasteiger partial charge in [0.25, 0.3) is 5.91 Å². The van der Waals surface area contributed by atoms with Gasteiger partial charge in [0.15, 0.2) is 5.13 Å². The number of sulfonamides is 1. The maximum atomic E-state index is 13.6. The smallest absolute Gasteiger partial charge is 0.260 e. The van der Waals surface area contributed by atoms with Gasteiger partial charge >= 0.3 is 0 Å². The lowest BCUT2D eigenvalue weighted by atomic mass is 10.2. The number of carbonyl (C=O) groups excluding carboxylic acids is 1. The van der Waals surface area contributed by atoms with Crippen molar-refractivity contribution in [3.63, 3.8) is 0 Å². The Balaban J connectivity index is 1.47. The lowest BCUT2D eigenvalue weighted by Crippen LogP contribution is -2.30. The summed E-state index contributed by atoms with van der Waals surface area (Å²) < 4.78 is 33.7. The fourth-order valence-corrected chi connectivity index (χ4v) is 6.96. The molecule has 34 heavy (non-hydrogen) atoms. The third-order valence-corrected chi connectivity index (χ3v) is 9.44. The number of thioether (sulfide) groups is 1. The number of furan rings is 1. The Kier molecular flexibility index (Phi) is 6.48. The number of nitrogens with zero attached hydrogens (tertiary/aromatic N) is 3. The third-order valence-electron chi connectivity index (χ3n) is 5.76. The van der Waals surface area contributed by atoms with Crippen LogP contribution in [0.15, 0.2) is 75.1 Å². The first-order valence-electron chi connectivity index (χ1n) is 10.8. The Morgan fingerprint density at radius 1 is 1.15 bits per heavy atom. The first-order chi connectivity index (χ1) is 16.5. The zero-order chi connectivity index (χ0) is 23.7. The number of hydrogen-bond acceptors (Lipinski definition) is 7. The van der Waals surface area contributed by atoms with Crippen molar-refractivity contribution < 1.29 is 17.6 Å². The number of aromatic nitrogens is 1. The second-order valence-corrected chi connectivity index (χ2v) is 11.8. The molecule has 1 aliphatic rings. The molecule has 5 rings (SSSR count). The third kappa shape index (κ3) is 4.50. The lowest BCUT2D eigenvalue weighted by Gasteiger charge is -2.19. The van der Waals surface area contributed by atoms with Crippen LogP contribution in [0.5, 0.6) is 0 Å². The number of rotatable bonds is 7. The van der Waals surface area contributed by atoms with Crippen LogP contribution < -0.4 is 4.90 Å². The molecule has 0 N–H and O–H groups in total. The van der Waals surface area contributed by atoms with Crippen LogP contribution in [0.2, 0.25) is 0 Å². The van der Waals surface area contributed by atoms with E-state index in [1.54, 1.807) is 41.1 Å². The van der Waals surface area contributed by atoms with E-state index in [0.29, 0.717) is 29.5 Å². The number of thiazole rings is 1. The minimum absolute atomic E-state index is 0.202. The van der Waals surface area contributed by atoms with Crippen LogP contribution in [0.3, 0.4) is 0 Å². The van der Waals surface area contributed by atoms with Gasteiger partial charge in [0.05, 0.1) is 27.9 Å². The van der Waals surface area contributed by atoms with E-state index in [4.69, 9.17) is 9.40 Å². The summed E-state index contributed by atoms with van der Waals surface area (Å²) in [5, 5.41) is 0.559. The van der Waals surface area contributed by atoms with Crippen LogP contribution in [0.25, 0.3) is 10.2 Å². The van der Waals surface area contributed by atoms with Gasteiger partial charge < -0.3 is 4.42 Å². The molecule has 2 aromatic heterocycles. The van der Waals surface area contributed by atoms with Gasteiger partial charge in [-0.3, -0.25) is 9.69 Å². The van der Waals surface area contributed by atoms with Gasteiger partial charge in [0, 0.05) is 23.5 Å². The standard InChI is InChI=1S/C24H23N3O4S3/c1-32-19-8-11-21-22(15-19)33-24(25-21)27(16-18-5-4-14-31-18)23(28)17-6-9-20(10-7-17)34(29,30)26-12-2-3-13-26/h4-11,14-15H,2-3,12-13,16H2,1H3. The van der Waals surface area contributed by atoms with Crippen molar-refractivity contribution in [3.05, 3.63) is 72.2 Å². The van der Waals surface area contributed by atoms with E-state index in [-0.39, 0.29) is 17.3 Å². The average Bonchev–Trinajstić information content (AvgIpc) is 3.63. The summed E-state index contributed by atoms with van der Waals surface area (Å²) in [7, 11) is -3.54. The van der Waals surface area contributed by atoms with Crippen molar-refractivity contribution >= 4 is 54.4 Å². The zero-order valence-electron chi connectivity index (χ0n) is 18.5. The van der Waals surface area contributed by atoms with Crippen LogP contribution in [0.4, 0.5) is 5.13 Å². The summed E-state index contributed by atoms with van der Waals surface area (Å²) in [5.74, 6) is 0.358. The molecular weight excluding hydrogens is 490 g/mol. The number of benzene rings is 2. The fraction of sp³-hybridized carbons (Fsp3) is 0.250. The monoisotopic (exact) mass is 513 g/mol. The minimum atomic E-state index is -3.54. The zero-order valence-corrected chi connectivity index (χ0v) is 21.0. The second-order valence-electron chi connectivity index (χ2n) is 7.94. The topological polar surface area (TPSA) is 83.7 Å². The van der Waals surface area contributed by atoms with Crippen LogP contribution >= 0.6 is 23.1 Å². The number of carbonyl (C=O) groups is 1. The molecule has 0 unspecified atom stereocenters. The first-order valence-corrected chi connectivity index (χ1v) is 14.3. The van der Waals surface area contributed by atoms with Crippen molar-refractivity contribution in [2.24, 2.45) is 0 Å². The molecule has 1 saturated heterocycles. The Morgan fingerprint density at radius 2 is 1.91 bits per heavy atom. The van der Waals surface area contributed by atoms with E-state index < -0.39 is 10.0 Å². The molecule has 0 atom stereocenters. The quantitative estimate of drug-likeness (QED) is 0.314. The van der Waals surface area contributed by atoms with Crippen LogP contribution in [0, 0.1) is 0 Å². The molecule has 1 fully saturated rings. The highest BCUT2D eigenvalue weighted by molar-refractivity contribution is 7.98. The molecule has 0 radical (unpaired) electrons. The molecule has 176 valence electrons. The van der Waals surface area contributed by atoms with E-state index in [9.17, 15) is 13.2 Å². The van der Waals surface area contributed by atoms with E-state index in [1.807, 2.05) is 24.5 Å². The summed E-state index contributed by atoms with van der Waals surface area (Å²) >= 11 is 3.09. The average molecular weight is 514 g/mol. The molecule has 3 heterocycles. The highest BCUT2D eigenvalue weighted by Gasteiger charge is 2.28. The van der Waals surface area contributed by atoms with Crippen molar-refractivity contribution in [2.75, 3.05) is 24.2 Å². The van der Waals surface area contributed by atoms with Crippen LogP contribution in [-0.2, 0) is 16.6 Å². The molecule has 2 aromatic carbocycles. The van der Waals surface area contributed by atoms with Gasteiger partial charge in [0.2, 0.25) is 10.0 Å². The molecule has 1 aliphatic heterocycles. The van der Waals surface area contributed by atoms with Crippen molar-refractivity contribution in [3.8, 4) is 0 Å². The number of amides is 1. The van der Waals surface area contributed by atoms with E-state index in [1.165, 1.54) is 27.8 Å². The van der Waals surface area contributed by atoms with Gasteiger partial charge in [-0.15, -0.1) is 11.8 Å². The fourth-order valence-electron chi connectivity index (χ4n) is 3.92. The maximum absolute atomic E-state index is 13.6. The predicted octanol–water partition coefficient (Wildman–Crippen LogP) is 5.24. The molecule has 0 spiro atoms. The van der Waals surface area contributed by atoms with E-state index >= 15 is 0 Å². The van der Waals surface area contributed by atoms with E-state index in [2.05, 4.69) is 6.07 Å². The molecule has 1 amide bonds. The normalized spacial score (nSPS) is 14.6. The predicted molar refractivity (Wildman–Crippen MR) is 135 cm³/mol. The molecule has 7 nitrogen and oxygen atoms in total. The highest BCUT2D eigenvalue weighted by atomic mass is 32.2. The SMILES string of the molecule is CSc1ccc2nc(N(Cc3ccco3)C(=O)c3ccc(S(=O)(=O)N4CCCC4)cc3)sc2c1. The summed E-state index contributed by atoms with van der Waals surface area (Å²) in [4.78, 5) is 21.2. The number of fused-ring (bicyclic) bond motifs is 1. The van der Waals surface area contributed by atoms with Gasteiger partial charge in [-0.2, -0.15) is 4.31 Å². The Labute approximate surface area is 206 Å². The lowest BCUT2D eigenvalue weighted by molar-refractivity contribution is 0.0983. The minimum Gasteiger partial charge on any atom is -0.467 e. The number of anilines is 1. The maximum Gasteiger partial charge on any atom is 0.260 e. The Morgan fingerprint density at radius 3 is 2.59 bits per heavy atom. The van der Waals surface area contributed by atoms with Gasteiger partial charge in [-0.05, 0) is 73.7 Å². The second kappa shape index (κ2) is 9.53. The van der Waals surface area contributed by atoms with Gasteiger partial charge in [-0.25, -0.2) is 13.4 Å². The van der Waals surface area contributed by atoms with Crippen molar-refractivity contribution in [1.82, 2.24) is 9.29 Å². The summed E-state index contributed by atoms with van der Waals surface area (Å²) in [6, 6.07) is 15.8. The molecule has 4 aromatic rings. The molecule has 0 saturated carbocycles. The molecular formula is C24H23N3O4S3. The number of hydrogen-bond donors (Lipinski definition) is 0. The molecule has 0 aliphatic carbocycles. The summed E-state index contributed by atoms with van der Waals surface area (Å²) in [6.45, 7) is 1.29. The first kappa shape index (κ1) is 23.1. The Bertz CT molecular complexity index is 1410. The highest BCUT2D eigenvalue weighted by Crippen LogP contribution is 2.33. The van der Waals surface area contributed by atoms with Gasteiger partial charge in [0.1, 0.15) is 5.76 Å². The molecule has 10 heteroatoms.